The molecular weight excluding hydrogens is 342 g/mol. The summed E-state index contributed by atoms with van der Waals surface area (Å²) in [7, 11) is 2.17. The van der Waals surface area contributed by atoms with Gasteiger partial charge in [-0.2, -0.15) is 0 Å². The Balaban J connectivity index is 1.44. The Morgan fingerprint density at radius 1 is 0.929 bits per heavy atom. The van der Waals surface area contributed by atoms with Gasteiger partial charge in [-0.3, -0.25) is 0 Å². The van der Waals surface area contributed by atoms with E-state index in [0.717, 1.165) is 25.0 Å². The largest absolute Gasteiger partial charge is 0.491 e. The van der Waals surface area contributed by atoms with Crippen LogP contribution in [0.5, 0.6) is 5.75 Å². The first-order valence-corrected chi connectivity index (χ1v) is 10.3. The predicted molar refractivity (Wildman–Crippen MR) is 118 cm³/mol. The van der Waals surface area contributed by atoms with E-state index in [1.54, 1.807) is 0 Å². The van der Waals surface area contributed by atoms with Crippen LogP contribution in [0.25, 0.3) is 11.1 Å². The fraction of sp³-hybridized carbons (Fsp3) is 0.308. The number of benzene rings is 3. The second kappa shape index (κ2) is 8.10. The Hall–Kier alpha value is -2.74. The van der Waals surface area contributed by atoms with E-state index in [0.29, 0.717) is 6.04 Å². The summed E-state index contributed by atoms with van der Waals surface area (Å²) in [6.45, 7) is 4.44. The molecule has 0 saturated heterocycles. The minimum atomic E-state index is 0.209. The van der Waals surface area contributed by atoms with E-state index in [9.17, 15) is 0 Å². The Morgan fingerprint density at radius 3 is 2.50 bits per heavy atom. The first-order chi connectivity index (χ1) is 13.6. The van der Waals surface area contributed by atoms with E-state index >= 15 is 0 Å². The van der Waals surface area contributed by atoms with E-state index in [1.807, 2.05) is 0 Å². The Morgan fingerprint density at radius 2 is 1.68 bits per heavy atom. The number of hydrogen-bond acceptors (Lipinski definition) is 2. The molecule has 144 valence electrons. The van der Waals surface area contributed by atoms with Crippen molar-refractivity contribution in [1.82, 2.24) is 0 Å². The summed E-state index contributed by atoms with van der Waals surface area (Å²) in [6, 6.07) is 26.3. The molecule has 0 radical (unpaired) electrons. The van der Waals surface area contributed by atoms with Crippen molar-refractivity contribution in [2.45, 2.75) is 45.3 Å². The van der Waals surface area contributed by atoms with Crippen LogP contribution in [0.1, 0.15) is 43.9 Å². The van der Waals surface area contributed by atoms with Crippen molar-refractivity contribution in [2.75, 3.05) is 11.9 Å². The molecule has 0 fully saturated rings. The van der Waals surface area contributed by atoms with Crippen LogP contribution < -0.4 is 9.64 Å². The van der Waals surface area contributed by atoms with Crippen LogP contribution in [0.2, 0.25) is 0 Å². The molecule has 0 N–H and O–H groups in total. The quantitative estimate of drug-likeness (QED) is 0.481. The minimum absolute atomic E-state index is 0.209. The van der Waals surface area contributed by atoms with Crippen LogP contribution in [-0.4, -0.2) is 13.2 Å². The zero-order valence-corrected chi connectivity index (χ0v) is 17.1. The Bertz CT molecular complexity index is 934. The lowest BCUT2D eigenvalue weighted by Crippen LogP contribution is -2.26. The van der Waals surface area contributed by atoms with Gasteiger partial charge in [-0.1, -0.05) is 54.6 Å². The number of nitrogens with zero attached hydrogens (tertiary/aromatic N) is 1. The molecule has 0 amide bonds. The van der Waals surface area contributed by atoms with Crippen LogP contribution in [0.4, 0.5) is 5.69 Å². The molecule has 2 atom stereocenters. The highest BCUT2D eigenvalue weighted by atomic mass is 16.5. The first kappa shape index (κ1) is 18.6. The van der Waals surface area contributed by atoms with Crippen LogP contribution in [0, 0.1) is 0 Å². The van der Waals surface area contributed by atoms with Crippen molar-refractivity contribution < 1.29 is 4.74 Å². The molecule has 2 nitrogen and oxygen atoms in total. The van der Waals surface area contributed by atoms with E-state index in [-0.39, 0.29) is 6.10 Å². The van der Waals surface area contributed by atoms with Gasteiger partial charge in [0.2, 0.25) is 0 Å². The normalized spacial score (nSPS) is 16.2. The average Bonchev–Trinajstić information content (AvgIpc) is 2.73. The van der Waals surface area contributed by atoms with Crippen LogP contribution in [0.15, 0.2) is 72.8 Å². The number of rotatable bonds is 6. The van der Waals surface area contributed by atoms with Crippen LogP contribution in [-0.2, 0) is 6.42 Å². The van der Waals surface area contributed by atoms with Crippen molar-refractivity contribution in [3.63, 3.8) is 0 Å². The second-order valence-electron chi connectivity index (χ2n) is 7.86. The highest BCUT2D eigenvalue weighted by Crippen LogP contribution is 2.45. The molecule has 1 aliphatic rings. The van der Waals surface area contributed by atoms with Gasteiger partial charge in [0, 0.05) is 24.4 Å². The number of ether oxygens (including phenoxy) is 1. The smallest absolute Gasteiger partial charge is 0.121 e. The van der Waals surface area contributed by atoms with E-state index in [1.165, 1.54) is 27.9 Å². The molecule has 3 aromatic carbocycles. The maximum absolute atomic E-state index is 6.26. The standard InChI is InChI=1S/C26H29NO/c1-19(10-9-13-21-11-5-4-6-12-21)28-22-16-17-25-24-15-8-7-14-23(24)20(2)27(3)26(25)18-22/h4-8,11-12,14-20H,9-10,13H2,1-3H3. The van der Waals surface area contributed by atoms with Gasteiger partial charge in [0.05, 0.1) is 12.1 Å². The summed E-state index contributed by atoms with van der Waals surface area (Å²) < 4.78 is 6.26. The minimum Gasteiger partial charge on any atom is -0.491 e. The number of fused-ring (bicyclic) bond motifs is 3. The van der Waals surface area contributed by atoms with Gasteiger partial charge in [0.1, 0.15) is 5.75 Å². The third-order valence-electron chi connectivity index (χ3n) is 5.89. The lowest BCUT2D eigenvalue weighted by molar-refractivity contribution is 0.208. The summed E-state index contributed by atoms with van der Waals surface area (Å²) in [4.78, 5) is 2.35. The summed E-state index contributed by atoms with van der Waals surface area (Å²) in [5, 5.41) is 0. The average molecular weight is 372 g/mol. The highest BCUT2D eigenvalue weighted by Gasteiger charge is 2.25. The summed E-state index contributed by atoms with van der Waals surface area (Å²) in [6.07, 6.45) is 3.51. The van der Waals surface area contributed by atoms with Gasteiger partial charge in [0.25, 0.3) is 0 Å². The molecule has 1 aliphatic heterocycles. The molecule has 28 heavy (non-hydrogen) atoms. The first-order valence-electron chi connectivity index (χ1n) is 10.3. The van der Waals surface area contributed by atoms with E-state index < -0.39 is 0 Å². The fourth-order valence-electron chi connectivity index (χ4n) is 4.16. The highest BCUT2D eigenvalue weighted by molar-refractivity contribution is 5.85. The monoisotopic (exact) mass is 371 g/mol. The molecule has 0 spiro atoms. The maximum Gasteiger partial charge on any atom is 0.121 e. The lowest BCUT2D eigenvalue weighted by Gasteiger charge is -2.36. The van der Waals surface area contributed by atoms with Crippen molar-refractivity contribution in [3.8, 4) is 16.9 Å². The molecule has 0 bridgehead atoms. The molecule has 0 aromatic heterocycles. The SMILES string of the molecule is CC(CCCc1ccccc1)Oc1ccc2c(c1)N(C)C(C)c1ccccc1-2. The molecular formula is C26H29NO. The summed E-state index contributed by atoms with van der Waals surface area (Å²) in [5.74, 6) is 0.962. The van der Waals surface area contributed by atoms with Crippen molar-refractivity contribution >= 4 is 5.69 Å². The van der Waals surface area contributed by atoms with Crippen LogP contribution >= 0.6 is 0 Å². The topological polar surface area (TPSA) is 12.5 Å². The van der Waals surface area contributed by atoms with Crippen molar-refractivity contribution in [3.05, 3.63) is 83.9 Å². The van der Waals surface area contributed by atoms with Gasteiger partial charge >= 0.3 is 0 Å². The van der Waals surface area contributed by atoms with Gasteiger partial charge in [-0.05, 0) is 61.9 Å². The zero-order valence-electron chi connectivity index (χ0n) is 17.1. The summed E-state index contributed by atoms with van der Waals surface area (Å²) >= 11 is 0. The van der Waals surface area contributed by atoms with Crippen molar-refractivity contribution in [2.24, 2.45) is 0 Å². The predicted octanol–water partition coefficient (Wildman–Crippen LogP) is 6.65. The molecule has 3 aromatic rings. The molecule has 0 aliphatic carbocycles. The molecule has 4 rings (SSSR count). The number of anilines is 1. The number of aryl methyl sites for hydroxylation is 1. The van der Waals surface area contributed by atoms with Gasteiger partial charge in [-0.25, -0.2) is 0 Å². The third kappa shape index (κ3) is 3.77. The third-order valence-corrected chi connectivity index (χ3v) is 5.89. The zero-order chi connectivity index (χ0) is 19.5. The van der Waals surface area contributed by atoms with Gasteiger partial charge in [0.15, 0.2) is 0 Å². The molecule has 0 saturated carbocycles. The maximum atomic E-state index is 6.26. The molecule has 2 unspecified atom stereocenters. The second-order valence-corrected chi connectivity index (χ2v) is 7.86. The Labute approximate surface area is 168 Å². The van der Waals surface area contributed by atoms with Gasteiger partial charge < -0.3 is 9.64 Å². The van der Waals surface area contributed by atoms with E-state index in [2.05, 4.69) is 98.6 Å². The summed E-state index contributed by atoms with van der Waals surface area (Å²) in [5.41, 5.74) is 6.67. The van der Waals surface area contributed by atoms with Crippen LogP contribution in [0.3, 0.4) is 0 Å². The fourth-order valence-corrected chi connectivity index (χ4v) is 4.16. The van der Waals surface area contributed by atoms with Gasteiger partial charge in [-0.15, -0.1) is 0 Å². The molecule has 1 heterocycles. The molecule has 2 heteroatoms. The Kier molecular flexibility index (Phi) is 5.38. The lowest BCUT2D eigenvalue weighted by atomic mass is 9.89. The van der Waals surface area contributed by atoms with Crippen molar-refractivity contribution in [1.29, 1.82) is 0 Å². The number of hydrogen-bond donors (Lipinski definition) is 0. The van der Waals surface area contributed by atoms with E-state index in [4.69, 9.17) is 4.74 Å².